The summed E-state index contributed by atoms with van der Waals surface area (Å²) in [5, 5.41) is 18.1. The Balaban J connectivity index is 1.12. The fraction of sp³-hybridized carbons (Fsp3) is 0.375. The third-order valence-electron chi connectivity index (χ3n) is 11.0. The molecule has 1 spiro atoms. The molecule has 318 valence electrons. The van der Waals surface area contributed by atoms with Crippen molar-refractivity contribution in [1.29, 1.82) is 0 Å². The monoisotopic (exact) mass is 832 g/mol. The number of allylic oxidation sites excluding steroid dienone is 2. The van der Waals surface area contributed by atoms with Crippen LogP contribution in [0.1, 0.15) is 66.9 Å². The van der Waals surface area contributed by atoms with E-state index in [9.17, 15) is 19.2 Å². The second-order valence-corrected chi connectivity index (χ2v) is 15.4. The Morgan fingerprint density at radius 3 is 2.16 bits per heavy atom. The molecule has 2 aliphatic heterocycles. The highest BCUT2D eigenvalue weighted by molar-refractivity contribution is 6.07. The number of anilines is 4. The number of primary amides is 2. The zero-order valence-electron chi connectivity index (χ0n) is 34.4. The van der Waals surface area contributed by atoms with Gasteiger partial charge in [0.15, 0.2) is 5.65 Å². The normalized spacial score (nSPS) is 14.8. The highest BCUT2D eigenvalue weighted by Crippen LogP contribution is 2.37. The van der Waals surface area contributed by atoms with Gasteiger partial charge in [0, 0.05) is 69.5 Å². The highest BCUT2D eigenvalue weighted by Gasteiger charge is 2.48. The lowest BCUT2D eigenvalue weighted by Gasteiger charge is -2.55. The number of nitrogen functional groups attached to an aromatic ring is 1. The minimum absolute atomic E-state index is 0.145. The number of hydrogen-bond acceptors (Lipinski definition) is 13. The zero-order chi connectivity index (χ0) is 43.2. The number of hydrogen-bond donors (Lipinski definition) is 6. The van der Waals surface area contributed by atoms with Crippen molar-refractivity contribution in [3.05, 3.63) is 76.5 Å². The molecular formula is C40H48N16O5. The first kappa shape index (κ1) is 40.6. The van der Waals surface area contributed by atoms with E-state index in [2.05, 4.69) is 41.0 Å². The molecule has 61 heavy (non-hydrogen) atoms. The van der Waals surface area contributed by atoms with Gasteiger partial charge in [0.2, 0.25) is 23.7 Å². The molecule has 8 rings (SSSR count). The van der Waals surface area contributed by atoms with Gasteiger partial charge in [-0.1, -0.05) is 12.2 Å². The van der Waals surface area contributed by atoms with Gasteiger partial charge >= 0.3 is 0 Å². The molecule has 0 aliphatic carbocycles. The number of aryl methyl sites for hydroxylation is 4. The van der Waals surface area contributed by atoms with Crippen molar-refractivity contribution < 1.29 is 23.9 Å². The molecule has 0 atom stereocenters. The molecule has 0 radical (unpaired) electrons. The van der Waals surface area contributed by atoms with Crippen LogP contribution in [0.2, 0.25) is 0 Å². The Labute approximate surface area is 349 Å². The van der Waals surface area contributed by atoms with Gasteiger partial charge in [-0.15, -0.1) is 0 Å². The molecule has 21 nitrogen and oxygen atoms in total. The molecule has 7 heterocycles. The van der Waals surface area contributed by atoms with Crippen LogP contribution in [0.4, 0.5) is 23.3 Å². The van der Waals surface area contributed by atoms with Gasteiger partial charge in [-0.3, -0.25) is 43.7 Å². The summed E-state index contributed by atoms with van der Waals surface area (Å²) < 4.78 is 12.1. The Kier molecular flexibility index (Phi) is 10.8. The number of carbonyl (C=O) groups is 4. The molecule has 9 N–H and O–H groups in total. The maximum absolute atomic E-state index is 13.8. The third-order valence-corrected chi connectivity index (χ3v) is 11.0. The van der Waals surface area contributed by atoms with E-state index >= 15 is 0 Å². The zero-order valence-corrected chi connectivity index (χ0v) is 34.4. The van der Waals surface area contributed by atoms with Crippen LogP contribution in [0.25, 0.3) is 22.2 Å². The summed E-state index contributed by atoms with van der Waals surface area (Å²) in [6, 6.07) is 6.51. The standard InChI is InChI=1S/C40H48N16O5/c1-5-55-29(13-22(3)50-55)36(59)48-38-46-27-15-24(33(42)57)14-26(44-9-12-52-18-40(19-52)20-61-21-40)31(27)53(38)10-7-8-11-54-35-28(16-25(17-45-35)34(43)58)47-39(54)49-37(60)32-30(41)23(4)51-56(32)6-2/h7-8,13-17,44H,5-6,9-12,18-21,41H2,1-4H3,(H2,42,57)(H2,43,58)(H,46,48,59)(H,47,49,60)/b8-7+. The van der Waals surface area contributed by atoms with Crippen molar-refractivity contribution in [2.75, 3.05) is 61.1 Å². The van der Waals surface area contributed by atoms with Crippen LogP contribution in [0, 0.1) is 19.3 Å². The van der Waals surface area contributed by atoms with E-state index in [4.69, 9.17) is 26.9 Å². The smallest absolute Gasteiger partial charge is 0.278 e. The summed E-state index contributed by atoms with van der Waals surface area (Å²) in [6.07, 6.45) is 5.06. The molecule has 0 unspecified atom stereocenters. The number of rotatable bonds is 16. The number of nitrogens with one attached hydrogen (secondary N) is 3. The van der Waals surface area contributed by atoms with Crippen molar-refractivity contribution in [1.82, 2.24) is 48.5 Å². The minimum atomic E-state index is -0.677. The number of benzene rings is 1. The highest BCUT2D eigenvalue weighted by atomic mass is 16.5. The van der Waals surface area contributed by atoms with E-state index in [1.165, 1.54) is 16.9 Å². The summed E-state index contributed by atoms with van der Waals surface area (Å²) in [6.45, 7) is 13.4. The number of aromatic nitrogens is 9. The SMILES string of the molecule is CCn1nc(C)cc1C(=O)Nc1nc2cc(C(N)=O)cc(NCCN3CC4(COC4)C3)c2n1C/C=C/Cn1c(NC(=O)c2c(N)c(C)nn2CC)nc2cc(C(N)=O)cnc21. The Morgan fingerprint density at radius 1 is 0.836 bits per heavy atom. The first-order chi connectivity index (χ1) is 29.3. The lowest BCUT2D eigenvalue weighted by molar-refractivity contribution is -0.187. The van der Waals surface area contributed by atoms with E-state index in [-0.39, 0.29) is 52.9 Å². The predicted molar refractivity (Wildman–Crippen MR) is 227 cm³/mol. The largest absolute Gasteiger partial charge is 0.395 e. The number of likely N-dealkylation sites (tertiary alicyclic amines) is 1. The maximum atomic E-state index is 13.8. The quantitative estimate of drug-likeness (QED) is 0.0764. The number of fused-ring (bicyclic) bond motifs is 2. The Bertz CT molecular complexity index is 2740. The average Bonchev–Trinajstić information content (AvgIpc) is 3.93. The molecular weight excluding hydrogens is 785 g/mol. The van der Waals surface area contributed by atoms with Crippen LogP contribution >= 0.6 is 0 Å². The topological polar surface area (TPSA) is 279 Å². The molecule has 1 aromatic carbocycles. The molecule has 5 aromatic heterocycles. The van der Waals surface area contributed by atoms with E-state index in [1.807, 2.05) is 37.5 Å². The van der Waals surface area contributed by atoms with Crippen LogP contribution < -0.4 is 33.2 Å². The van der Waals surface area contributed by atoms with Gasteiger partial charge in [0.25, 0.3) is 11.8 Å². The summed E-state index contributed by atoms with van der Waals surface area (Å²) in [5.41, 5.74) is 22.7. The summed E-state index contributed by atoms with van der Waals surface area (Å²) >= 11 is 0. The summed E-state index contributed by atoms with van der Waals surface area (Å²) in [7, 11) is 0. The number of carbonyl (C=O) groups excluding carboxylic acids is 4. The van der Waals surface area contributed by atoms with E-state index < -0.39 is 23.6 Å². The van der Waals surface area contributed by atoms with Gasteiger partial charge in [-0.2, -0.15) is 10.2 Å². The van der Waals surface area contributed by atoms with Crippen LogP contribution in [-0.2, 0) is 30.9 Å². The molecule has 6 aromatic rings. The summed E-state index contributed by atoms with van der Waals surface area (Å²) in [4.78, 5) is 68.3. The lowest BCUT2D eigenvalue weighted by Crippen LogP contribution is -2.66. The van der Waals surface area contributed by atoms with E-state index in [1.54, 1.807) is 34.4 Å². The van der Waals surface area contributed by atoms with E-state index in [0.29, 0.717) is 64.6 Å². The van der Waals surface area contributed by atoms with Crippen LogP contribution in [0.15, 0.2) is 42.6 Å². The average molecular weight is 833 g/mol. The van der Waals surface area contributed by atoms with Gasteiger partial charge in [-0.05, 0) is 52.0 Å². The third kappa shape index (κ3) is 7.75. The molecule has 21 heteroatoms. The number of nitrogens with zero attached hydrogens (tertiary/aromatic N) is 10. The second-order valence-electron chi connectivity index (χ2n) is 15.4. The van der Waals surface area contributed by atoms with Gasteiger partial charge in [-0.25, -0.2) is 15.0 Å². The number of pyridine rings is 1. The van der Waals surface area contributed by atoms with Crippen molar-refractivity contribution >= 4 is 69.1 Å². The van der Waals surface area contributed by atoms with Crippen molar-refractivity contribution in [2.24, 2.45) is 16.9 Å². The van der Waals surface area contributed by atoms with Crippen molar-refractivity contribution in [3.63, 3.8) is 0 Å². The first-order valence-electron chi connectivity index (χ1n) is 20.0. The lowest BCUT2D eigenvalue weighted by atomic mass is 9.78. The molecule has 2 saturated heterocycles. The van der Waals surface area contributed by atoms with Crippen LogP contribution in [-0.4, -0.2) is 112 Å². The minimum Gasteiger partial charge on any atom is -0.395 e. The molecule has 4 amide bonds. The maximum Gasteiger partial charge on any atom is 0.278 e. The van der Waals surface area contributed by atoms with Crippen LogP contribution in [0.5, 0.6) is 0 Å². The Morgan fingerprint density at radius 2 is 1.49 bits per heavy atom. The number of imidazole rings is 2. The fourth-order valence-corrected chi connectivity index (χ4v) is 7.93. The van der Waals surface area contributed by atoms with Crippen molar-refractivity contribution in [3.8, 4) is 0 Å². The first-order valence-corrected chi connectivity index (χ1v) is 20.0. The molecule has 2 aliphatic rings. The molecule has 0 bridgehead atoms. The number of nitrogens with two attached hydrogens (primary N) is 3. The van der Waals surface area contributed by atoms with Gasteiger partial charge in [0.05, 0.1) is 52.6 Å². The van der Waals surface area contributed by atoms with Gasteiger partial charge in [0.1, 0.15) is 16.9 Å². The molecule has 2 fully saturated rings. The van der Waals surface area contributed by atoms with Crippen LogP contribution in [0.3, 0.4) is 0 Å². The molecule has 0 saturated carbocycles. The summed E-state index contributed by atoms with van der Waals surface area (Å²) in [5.74, 6) is -1.86. The van der Waals surface area contributed by atoms with Gasteiger partial charge < -0.3 is 36.7 Å². The predicted octanol–water partition coefficient (Wildman–Crippen LogP) is 2.12. The van der Waals surface area contributed by atoms with Crippen molar-refractivity contribution in [2.45, 2.75) is 53.9 Å². The van der Waals surface area contributed by atoms with E-state index in [0.717, 1.165) is 32.8 Å². The number of ether oxygens (including phenoxy) is 1. The fourth-order valence-electron chi connectivity index (χ4n) is 7.93. The second kappa shape index (κ2) is 16.1. The Hall–Kier alpha value is -7.13. The number of amides is 4.